The van der Waals surface area contributed by atoms with Crippen LogP contribution in [0.2, 0.25) is 0 Å². The fourth-order valence-electron chi connectivity index (χ4n) is 11.8. The summed E-state index contributed by atoms with van der Waals surface area (Å²) < 4.78 is 42.3. The van der Waals surface area contributed by atoms with Crippen molar-refractivity contribution in [3.63, 3.8) is 0 Å². The van der Waals surface area contributed by atoms with Crippen LogP contribution in [0.3, 0.4) is 0 Å². The highest BCUT2D eigenvalue weighted by Gasteiger charge is 2.28. The average Bonchev–Trinajstić information content (AvgIpc) is 0.816. The first-order valence-corrected chi connectivity index (χ1v) is 42.4. The summed E-state index contributed by atoms with van der Waals surface area (Å²) in [7, 11) is 0. The summed E-state index contributed by atoms with van der Waals surface area (Å²) in [6.07, 6.45) is 30.9. The van der Waals surface area contributed by atoms with Crippen molar-refractivity contribution in [3.8, 4) is 34.5 Å². The van der Waals surface area contributed by atoms with E-state index in [9.17, 15) is 57.5 Å². The number of benzene rings is 3. The van der Waals surface area contributed by atoms with Crippen molar-refractivity contribution in [3.05, 3.63) is 69.8 Å². The van der Waals surface area contributed by atoms with Gasteiger partial charge in [-0.15, -0.1) is 0 Å². The predicted molar refractivity (Wildman–Crippen MR) is 442 cm³/mol. The number of hydrazine groups is 6. The third-order valence-electron chi connectivity index (χ3n) is 18.2. The predicted octanol–water partition coefficient (Wildman–Crippen LogP) is 14.3. The monoisotopic (exact) mass is 1630 g/mol. The van der Waals surface area contributed by atoms with E-state index in [-0.39, 0.29) is 108 Å². The molecule has 0 saturated heterocycles. The Balaban J connectivity index is 1.93. The molecular weight excluding hydrogens is 1490 g/mol. The lowest BCUT2D eigenvalue weighted by atomic mass is 10.1. The zero-order valence-corrected chi connectivity index (χ0v) is 70.8. The topological polar surface area (TPSA) is 414 Å². The molecule has 31 heteroatoms. The molecule has 12 N–H and O–H groups in total. The normalized spacial score (nSPS) is 10.9. The van der Waals surface area contributed by atoms with Gasteiger partial charge in [-0.3, -0.25) is 112 Å². The molecule has 0 atom stereocenters. The van der Waals surface area contributed by atoms with Crippen molar-refractivity contribution in [2.45, 2.75) is 319 Å². The van der Waals surface area contributed by atoms with E-state index in [1.165, 1.54) is 37.3 Å². The zero-order valence-electron chi connectivity index (χ0n) is 70.8. The molecule has 3 aromatic rings. The molecule has 0 bridgehead atoms. The van der Waals surface area contributed by atoms with Gasteiger partial charge in [0.1, 0.15) is 52.9 Å². The number of unbranched alkanes of at least 4 members (excludes halogenated alkanes) is 30. The Hall–Kier alpha value is -10.1. The Kier molecular flexibility index (Phi) is 52.1. The molecule has 0 saturated carbocycles. The maximum Gasteiger partial charge on any atom is 0.426 e. The Labute approximate surface area is 686 Å². The Bertz CT molecular complexity index is 3510. The number of rotatable bonds is 58. The van der Waals surface area contributed by atoms with Crippen molar-refractivity contribution in [1.29, 1.82) is 0 Å². The lowest BCUT2D eigenvalue weighted by molar-refractivity contribution is -0.131. The van der Waals surface area contributed by atoms with Gasteiger partial charge in [0.15, 0.2) is 0 Å². The highest BCUT2D eigenvalue weighted by molar-refractivity contribution is 6.08. The smallest absolute Gasteiger partial charge is 0.426 e. The van der Waals surface area contributed by atoms with E-state index in [1.54, 1.807) is 20.8 Å². The van der Waals surface area contributed by atoms with Gasteiger partial charge in [0.05, 0.1) is 73.0 Å². The quantitative estimate of drug-likeness (QED) is 0.0142. The van der Waals surface area contributed by atoms with Crippen LogP contribution in [0.4, 0.5) is 4.79 Å². The van der Waals surface area contributed by atoms with Gasteiger partial charge in [-0.2, -0.15) is 0 Å². The molecule has 0 heterocycles. The maximum absolute atomic E-state index is 14.3. The molecule has 650 valence electrons. The third-order valence-corrected chi connectivity index (χ3v) is 18.2. The summed E-state index contributed by atoms with van der Waals surface area (Å²) in [5, 5.41) is 0. The molecule has 12 amide bonds. The molecule has 31 nitrogen and oxygen atoms in total. The second-order valence-corrected chi connectivity index (χ2v) is 29.8. The molecule has 0 aromatic heterocycles. The highest BCUT2D eigenvalue weighted by Crippen LogP contribution is 2.34. The van der Waals surface area contributed by atoms with Gasteiger partial charge in [-0.25, -0.2) is 10.2 Å². The molecule has 0 fully saturated rings. The second kappa shape index (κ2) is 60.4. The standard InChI is InChI=1S/C85H136N12O19/c1-11-17-23-29-35-41-47-110-68-56-69(111-48-42-36-30-24-18-12-2)63(53-62(68)78(103)91-86-61(7)98)79(104)92-87-74(99)59-75(100)88-93-80(105)64-54-65(71(113-50-44-38-32-26-20-14-4)57-70(64)112-49-43-37-31-25-19-13-3)81(106)94-89-76(101)60-77(102)90-95-82(107)66-55-67(83(108)96-97-84(109)116-85(8,9)10)73(115-52-46-40-34-28-22-16-6)58-72(66)114-51-45-39-33-27-21-15-5/h53-58H,11-52,59-60H2,1-10H3,(H,86,98)(H,87,99)(H,88,100)(H,89,101)(H,90,102)(H,91,103)(H,92,104)(H,93,105)(H,94,106)(H,95,107)(H,96,108)(H,97,109). The molecular formula is C85H136N12O19. The maximum atomic E-state index is 14.3. The lowest BCUT2D eigenvalue weighted by Crippen LogP contribution is -2.47. The molecule has 0 aliphatic carbocycles. The number of nitrogens with one attached hydrogen (secondary N) is 12. The fourth-order valence-corrected chi connectivity index (χ4v) is 11.8. The van der Waals surface area contributed by atoms with E-state index in [1.807, 2.05) is 0 Å². The summed E-state index contributed by atoms with van der Waals surface area (Å²) in [5.74, 6) is -10.3. The van der Waals surface area contributed by atoms with Gasteiger partial charge in [-0.05, 0) is 77.5 Å². The molecule has 0 unspecified atom stereocenters. The molecule has 0 aliphatic heterocycles. The van der Waals surface area contributed by atoms with Crippen molar-refractivity contribution >= 4 is 71.1 Å². The van der Waals surface area contributed by atoms with E-state index in [4.69, 9.17) is 33.2 Å². The van der Waals surface area contributed by atoms with Gasteiger partial charge in [-0.1, -0.05) is 234 Å². The minimum atomic E-state index is -1.07. The first kappa shape index (κ1) is 100. The molecule has 3 rings (SSSR count). The molecule has 0 spiro atoms. The first-order valence-electron chi connectivity index (χ1n) is 42.4. The van der Waals surface area contributed by atoms with Crippen LogP contribution in [0, 0.1) is 0 Å². The number of carbonyl (C=O) groups excluding carboxylic acids is 12. The van der Waals surface area contributed by atoms with Crippen LogP contribution in [-0.2, 0) is 28.7 Å². The largest absolute Gasteiger partial charge is 0.493 e. The highest BCUT2D eigenvalue weighted by atomic mass is 16.6. The Morgan fingerprint density at radius 2 is 0.422 bits per heavy atom. The average molecular weight is 1630 g/mol. The van der Waals surface area contributed by atoms with E-state index in [0.29, 0.717) is 38.5 Å². The van der Waals surface area contributed by atoms with E-state index >= 15 is 0 Å². The van der Waals surface area contributed by atoms with Crippen LogP contribution in [0.1, 0.15) is 375 Å². The number of ether oxygens (including phenoxy) is 7. The second-order valence-electron chi connectivity index (χ2n) is 29.8. The summed E-state index contributed by atoms with van der Waals surface area (Å²) in [4.78, 5) is 163. The Morgan fingerprint density at radius 3 is 0.612 bits per heavy atom. The van der Waals surface area contributed by atoms with Gasteiger partial charge in [0.25, 0.3) is 35.4 Å². The van der Waals surface area contributed by atoms with Crippen LogP contribution in [-0.4, -0.2) is 116 Å². The molecule has 3 aromatic carbocycles. The SMILES string of the molecule is CCCCCCCCOc1cc(OCCCCCCCC)c(C(=O)NNC(=O)CC(=O)NNC(=O)c2cc(C(=O)NNC(=O)CC(=O)NNC(=O)c3cc(C(=O)NNC(=O)OC(C)(C)C)c(OCCCCCCCC)cc3OCCCCCCCC)c(OCCCCCCCC)cc2OCCCCCCCC)cc1C(=O)NNC(C)=O. The minimum absolute atomic E-state index is 0.0120. The van der Waals surface area contributed by atoms with Crippen molar-refractivity contribution in [1.82, 2.24) is 65.1 Å². The molecule has 0 radical (unpaired) electrons. The molecule has 116 heavy (non-hydrogen) atoms. The summed E-state index contributed by atoms with van der Waals surface area (Å²) in [6.45, 7) is 19.9. The number of carbonyl (C=O) groups is 12. The molecule has 0 aliphatic rings. The minimum Gasteiger partial charge on any atom is -0.493 e. The van der Waals surface area contributed by atoms with Gasteiger partial charge in [0.2, 0.25) is 29.5 Å². The van der Waals surface area contributed by atoms with Crippen LogP contribution < -0.4 is 93.5 Å². The van der Waals surface area contributed by atoms with Crippen molar-refractivity contribution < 1.29 is 90.7 Å². The van der Waals surface area contributed by atoms with Gasteiger partial charge in [0, 0.05) is 25.1 Å². The third kappa shape index (κ3) is 43.6. The number of hydrogen-bond donors (Lipinski definition) is 12. The van der Waals surface area contributed by atoms with E-state index < -0.39 is 89.5 Å². The zero-order chi connectivity index (χ0) is 85.1. The number of hydrogen-bond acceptors (Lipinski definition) is 19. The summed E-state index contributed by atoms with van der Waals surface area (Å²) in [5.41, 5.74) is 24.7. The Morgan fingerprint density at radius 1 is 0.241 bits per heavy atom. The van der Waals surface area contributed by atoms with Crippen LogP contribution in [0.15, 0.2) is 36.4 Å². The van der Waals surface area contributed by atoms with E-state index in [0.717, 1.165) is 199 Å². The first-order chi connectivity index (χ1) is 55.9. The summed E-state index contributed by atoms with van der Waals surface area (Å²) >= 11 is 0. The lowest BCUT2D eigenvalue weighted by Gasteiger charge is -2.20. The van der Waals surface area contributed by atoms with Crippen LogP contribution >= 0.6 is 0 Å². The van der Waals surface area contributed by atoms with Crippen molar-refractivity contribution in [2.24, 2.45) is 0 Å². The van der Waals surface area contributed by atoms with Gasteiger partial charge >= 0.3 is 6.09 Å². The van der Waals surface area contributed by atoms with E-state index in [2.05, 4.69) is 107 Å². The van der Waals surface area contributed by atoms with Crippen molar-refractivity contribution in [2.75, 3.05) is 39.6 Å². The van der Waals surface area contributed by atoms with Crippen LogP contribution in [0.25, 0.3) is 0 Å². The van der Waals surface area contributed by atoms with Crippen LogP contribution in [0.5, 0.6) is 34.5 Å². The van der Waals surface area contributed by atoms with Gasteiger partial charge < -0.3 is 33.2 Å². The fraction of sp³-hybridized carbons (Fsp3) is 0.647. The number of amides is 12. The summed E-state index contributed by atoms with van der Waals surface area (Å²) in [6, 6.07) is 7.68.